The quantitative estimate of drug-likeness (QED) is 0.623. The van der Waals surface area contributed by atoms with Crippen molar-refractivity contribution in [2.24, 2.45) is 0 Å². The molecular weight excluding hydrogens is 332 g/mol. The maximum Gasteiger partial charge on any atom is 0.219 e. The molecule has 4 rings (SSSR count). The summed E-state index contributed by atoms with van der Waals surface area (Å²) in [6.07, 6.45) is 5.15. The molecule has 0 bridgehead atoms. The summed E-state index contributed by atoms with van der Waals surface area (Å²) in [6.45, 7) is 3.14. The molecule has 1 aliphatic heterocycles. The molecule has 1 amide bonds. The number of hydrogen-bond donors (Lipinski definition) is 0. The molecular formula is C24H20N2O. The van der Waals surface area contributed by atoms with Crippen molar-refractivity contribution in [3.05, 3.63) is 82.4 Å². The zero-order valence-corrected chi connectivity index (χ0v) is 15.3. The molecule has 3 heteroatoms. The minimum atomic E-state index is 0.141. The zero-order chi connectivity index (χ0) is 18.8. The second-order valence-corrected chi connectivity index (χ2v) is 6.99. The van der Waals surface area contributed by atoms with Crippen molar-refractivity contribution in [1.29, 1.82) is 5.26 Å². The molecule has 0 unspecified atom stereocenters. The van der Waals surface area contributed by atoms with Crippen LogP contribution in [0.3, 0.4) is 0 Å². The van der Waals surface area contributed by atoms with E-state index in [0.29, 0.717) is 12.1 Å². The van der Waals surface area contributed by atoms with Gasteiger partial charge in [-0.15, -0.1) is 0 Å². The molecule has 0 spiro atoms. The Morgan fingerprint density at radius 2 is 1.67 bits per heavy atom. The summed E-state index contributed by atoms with van der Waals surface area (Å²) < 4.78 is 0. The first-order chi connectivity index (χ1) is 13.1. The number of carbonyl (C=O) groups excluding carboxylic acids is 1. The molecule has 0 N–H and O–H groups in total. The minimum absolute atomic E-state index is 0.141. The van der Waals surface area contributed by atoms with Crippen LogP contribution >= 0.6 is 0 Å². The Morgan fingerprint density at radius 3 is 2.44 bits per heavy atom. The number of carbonyl (C=O) groups is 1. The average Bonchev–Trinajstić information content (AvgIpc) is 2.71. The summed E-state index contributed by atoms with van der Waals surface area (Å²) in [4.78, 5) is 13.5. The van der Waals surface area contributed by atoms with Gasteiger partial charge < -0.3 is 4.90 Å². The maximum atomic E-state index is 11.6. The minimum Gasteiger partial charge on any atom is -0.338 e. The molecule has 0 radical (unpaired) electrons. The predicted octanol–water partition coefficient (Wildman–Crippen LogP) is 4.79. The third-order valence-electron chi connectivity index (χ3n) is 5.15. The van der Waals surface area contributed by atoms with Crippen molar-refractivity contribution in [3.63, 3.8) is 0 Å². The first-order valence-electron chi connectivity index (χ1n) is 9.12. The van der Waals surface area contributed by atoms with Gasteiger partial charge in [-0.25, -0.2) is 0 Å². The van der Waals surface area contributed by atoms with Crippen LogP contribution in [0.4, 0.5) is 0 Å². The highest BCUT2D eigenvalue weighted by Crippen LogP contribution is 2.23. The molecule has 3 aromatic rings. The monoisotopic (exact) mass is 352 g/mol. The van der Waals surface area contributed by atoms with Crippen molar-refractivity contribution < 1.29 is 4.79 Å². The first-order valence-corrected chi connectivity index (χ1v) is 9.12. The molecule has 27 heavy (non-hydrogen) atoms. The topological polar surface area (TPSA) is 44.1 Å². The van der Waals surface area contributed by atoms with Crippen LogP contribution in [0.1, 0.15) is 34.7 Å². The number of fused-ring (bicyclic) bond motifs is 2. The van der Waals surface area contributed by atoms with Crippen molar-refractivity contribution >= 4 is 28.8 Å². The number of benzene rings is 3. The summed E-state index contributed by atoms with van der Waals surface area (Å²) in [7, 11) is 0. The number of amides is 1. The summed E-state index contributed by atoms with van der Waals surface area (Å²) in [5.41, 5.74) is 5.56. The SMILES string of the molecule is CC(=O)N1CCc2cc(/C=C/c3ccc4cc(C#N)ccc4c3)ccc2C1. The zero-order valence-electron chi connectivity index (χ0n) is 15.3. The van der Waals surface area contributed by atoms with Crippen molar-refractivity contribution in [1.82, 2.24) is 4.90 Å². The Balaban J connectivity index is 1.56. The van der Waals surface area contributed by atoms with Gasteiger partial charge in [-0.3, -0.25) is 4.79 Å². The van der Waals surface area contributed by atoms with Gasteiger partial charge in [0.1, 0.15) is 0 Å². The van der Waals surface area contributed by atoms with E-state index in [2.05, 4.69) is 54.6 Å². The average molecular weight is 352 g/mol. The van der Waals surface area contributed by atoms with Gasteiger partial charge in [0.05, 0.1) is 11.6 Å². The van der Waals surface area contributed by atoms with E-state index in [1.54, 1.807) is 6.92 Å². The Kier molecular flexibility index (Phi) is 4.48. The highest BCUT2D eigenvalue weighted by atomic mass is 16.2. The second kappa shape index (κ2) is 7.09. The third-order valence-corrected chi connectivity index (χ3v) is 5.15. The number of hydrogen-bond acceptors (Lipinski definition) is 2. The van der Waals surface area contributed by atoms with Crippen LogP contribution in [0, 0.1) is 11.3 Å². The Bertz CT molecular complexity index is 1110. The van der Waals surface area contributed by atoms with E-state index in [1.807, 2.05) is 23.1 Å². The van der Waals surface area contributed by atoms with Crippen molar-refractivity contribution in [3.8, 4) is 6.07 Å². The highest BCUT2D eigenvalue weighted by Gasteiger charge is 2.17. The van der Waals surface area contributed by atoms with Gasteiger partial charge in [0.15, 0.2) is 0 Å². The number of nitrogens with zero attached hydrogens (tertiary/aromatic N) is 2. The van der Waals surface area contributed by atoms with E-state index in [0.717, 1.165) is 29.3 Å². The Morgan fingerprint density at radius 1 is 0.963 bits per heavy atom. The fourth-order valence-corrected chi connectivity index (χ4v) is 3.58. The molecule has 0 saturated carbocycles. The summed E-state index contributed by atoms with van der Waals surface area (Å²) in [5, 5.41) is 11.2. The molecule has 1 aliphatic rings. The van der Waals surface area contributed by atoms with Gasteiger partial charge in [0, 0.05) is 20.0 Å². The second-order valence-electron chi connectivity index (χ2n) is 6.99. The molecule has 0 aliphatic carbocycles. The summed E-state index contributed by atoms with van der Waals surface area (Å²) >= 11 is 0. The van der Waals surface area contributed by atoms with Crippen molar-refractivity contribution in [2.45, 2.75) is 19.9 Å². The van der Waals surface area contributed by atoms with Crippen LogP contribution in [0.25, 0.3) is 22.9 Å². The lowest BCUT2D eigenvalue weighted by Crippen LogP contribution is -2.34. The molecule has 0 aromatic heterocycles. The normalized spacial score (nSPS) is 13.6. The van der Waals surface area contributed by atoms with Crippen LogP contribution in [0.15, 0.2) is 54.6 Å². The largest absolute Gasteiger partial charge is 0.338 e. The summed E-state index contributed by atoms with van der Waals surface area (Å²) in [5.74, 6) is 0.141. The van der Waals surface area contributed by atoms with Gasteiger partial charge in [-0.2, -0.15) is 5.26 Å². The predicted molar refractivity (Wildman–Crippen MR) is 109 cm³/mol. The van der Waals surface area contributed by atoms with E-state index in [9.17, 15) is 4.79 Å². The molecule has 3 aromatic carbocycles. The van der Waals surface area contributed by atoms with Crippen LogP contribution < -0.4 is 0 Å². The molecule has 132 valence electrons. The van der Waals surface area contributed by atoms with E-state index in [-0.39, 0.29) is 5.91 Å². The smallest absolute Gasteiger partial charge is 0.219 e. The van der Waals surface area contributed by atoms with Gasteiger partial charge >= 0.3 is 0 Å². The van der Waals surface area contributed by atoms with E-state index >= 15 is 0 Å². The molecule has 3 nitrogen and oxygen atoms in total. The standard InChI is InChI=1S/C24H20N2O/c1-17(27)26-11-10-23-13-19(5-9-24(23)16-26)3-2-18-4-7-22-14-20(15-25)6-8-21(22)12-18/h2-9,12-14H,10-11,16H2,1H3/b3-2+. The molecule has 0 saturated heterocycles. The fraction of sp³-hybridized carbons (Fsp3) is 0.167. The lowest BCUT2D eigenvalue weighted by atomic mass is 9.96. The first kappa shape index (κ1) is 17.1. The third kappa shape index (κ3) is 3.61. The summed E-state index contributed by atoms with van der Waals surface area (Å²) in [6, 6.07) is 20.7. The lowest BCUT2D eigenvalue weighted by Gasteiger charge is -2.28. The Hall–Kier alpha value is -3.38. The van der Waals surface area contributed by atoms with Crippen LogP contribution in [0.2, 0.25) is 0 Å². The highest BCUT2D eigenvalue weighted by molar-refractivity contribution is 5.87. The van der Waals surface area contributed by atoms with Crippen LogP contribution in [-0.2, 0) is 17.8 Å². The van der Waals surface area contributed by atoms with Crippen molar-refractivity contribution in [2.75, 3.05) is 6.54 Å². The molecule has 0 fully saturated rings. The van der Waals surface area contributed by atoms with Gasteiger partial charge in [0.2, 0.25) is 5.91 Å². The number of rotatable bonds is 2. The lowest BCUT2D eigenvalue weighted by molar-refractivity contribution is -0.129. The van der Waals surface area contributed by atoms with E-state index in [1.165, 1.54) is 16.7 Å². The number of nitriles is 1. The Labute approximate surface area is 159 Å². The van der Waals surface area contributed by atoms with E-state index < -0.39 is 0 Å². The van der Waals surface area contributed by atoms with Gasteiger partial charge in [-0.1, -0.05) is 48.6 Å². The maximum absolute atomic E-state index is 11.6. The van der Waals surface area contributed by atoms with Gasteiger partial charge in [-0.05, 0) is 57.6 Å². The fourth-order valence-electron chi connectivity index (χ4n) is 3.58. The van der Waals surface area contributed by atoms with Crippen LogP contribution in [-0.4, -0.2) is 17.4 Å². The molecule has 0 atom stereocenters. The van der Waals surface area contributed by atoms with E-state index in [4.69, 9.17) is 5.26 Å². The van der Waals surface area contributed by atoms with Gasteiger partial charge in [0.25, 0.3) is 0 Å². The van der Waals surface area contributed by atoms with Crippen LogP contribution in [0.5, 0.6) is 0 Å². The molecule has 1 heterocycles.